The number of nitrogens with zero attached hydrogens (tertiary/aromatic N) is 4. The molecule has 3 rings (SSSR count). The van der Waals surface area contributed by atoms with Crippen molar-refractivity contribution in [3.05, 3.63) is 35.2 Å². The van der Waals surface area contributed by atoms with E-state index in [4.69, 9.17) is 9.47 Å². The van der Waals surface area contributed by atoms with Gasteiger partial charge in [-0.2, -0.15) is 9.29 Å². The highest BCUT2D eigenvalue weighted by Gasteiger charge is 2.31. The molecule has 0 radical (unpaired) electrons. The Morgan fingerprint density at radius 1 is 0.929 bits per heavy atom. The molecule has 0 N–H and O–H groups in total. The van der Waals surface area contributed by atoms with Gasteiger partial charge in [-0.3, -0.25) is 0 Å². The molecule has 9 heteroatoms. The largest absolute Gasteiger partial charge is 0.496 e. The maximum absolute atomic E-state index is 13.2. The zero-order valence-corrected chi connectivity index (χ0v) is 17.7. The summed E-state index contributed by atoms with van der Waals surface area (Å²) in [4.78, 5) is 11.0. The number of piperazine rings is 1. The summed E-state index contributed by atoms with van der Waals surface area (Å²) in [5.41, 5.74) is 1.56. The summed E-state index contributed by atoms with van der Waals surface area (Å²) in [5.74, 6) is 2.56. The average molecular weight is 407 g/mol. The first-order chi connectivity index (χ1) is 13.3. The van der Waals surface area contributed by atoms with Gasteiger partial charge in [0.1, 0.15) is 17.4 Å². The Balaban J connectivity index is 1.79. The molecule has 0 aliphatic carbocycles. The van der Waals surface area contributed by atoms with Crippen LogP contribution in [0.15, 0.2) is 23.1 Å². The molecule has 1 saturated heterocycles. The first-order valence-electron chi connectivity index (χ1n) is 9.07. The number of ether oxygens (including phenoxy) is 2. The highest BCUT2D eigenvalue weighted by molar-refractivity contribution is 7.89. The van der Waals surface area contributed by atoms with E-state index < -0.39 is 10.0 Å². The molecule has 0 saturated carbocycles. The van der Waals surface area contributed by atoms with E-state index in [2.05, 4.69) is 14.9 Å². The third-order valence-corrected chi connectivity index (χ3v) is 7.14. The fraction of sp³-hybridized carbons (Fsp3) is 0.474. The second-order valence-electron chi connectivity index (χ2n) is 6.72. The molecule has 1 aromatic carbocycles. The van der Waals surface area contributed by atoms with E-state index in [0.29, 0.717) is 48.5 Å². The average Bonchev–Trinajstić information content (AvgIpc) is 2.69. The predicted octanol–water partition coefficient (Wildman–Crippen LogP) is 1.93. The second kappa shape index (κ2) is 7.92. The van der Waals surface area contributed by atoms with E-state index in [1.54, 1.807) is 32.4 Å². The van der Waals surface area contributed by atoms with Crippen molar-refractivity contribution in [2.75, 3.05) is 45.3 Å². The summed E-state index contributed by atoms with van der Waals surface area (Å²) >= 11 is 0. The quantitative estimate of drug-likeness (QED) is 0.750. The molecule has 1 aliphatic heterocycles. The molecule has 152 valence electrons. The maximum atomic E-state index is 13.2. The zero-order valence-electron chi connectivity index (χ0n) is 16.9. The smallest absolute Gasteiger partial charge is 0.243 e. The number of aryl methyl sites for hydroxylation is 1. The van der Waals surface area contributed by atoms with Crippen molar-refractivity contribution in [2.45, 2.75) is 25.7 Å². The summed E-state index contributed by atoms with van der Waals surface area (Å²) < 4.78 is 38.4. The van der Waals surface area contributed by atoms with Gasteiger partial charge in [0.05, 0.1) is 19.1 Å². The molecule has 0 atom stereocenters. The number of sulfonamides is 1. The van der Waals surface area contributed by atoms with Gasteiger partial charge in [-0.25, -0.2) is 13.4 Å². The van der Waals surface area contributed by atoms with Crippen LogP contribution >= 0.6 is 0 Å². The summed E-state index contributed by atoms with van der Waals surface area (Å²) in [6.07, 6.45) is 0. The van der Waals surface area contributed by atoms with Gasteiger partial charge in [0, 0.05) is 32.2 Å². The molecule has 0 bridgehead atoms. The predicted molar refractivity (Wildman–Crippen MR) is 107 cm³/mol. The molecule has 8 nitrogen and oxygen atoms in total. The molecule has 1 aliphatic rings. The van der Waals surface area contributed by atoms with Gasteiger partial charge < -0.3 is 14.4 Å². The van der Waals surface area contributed by atoms with Crippen molar-refractivity contribution in [3.8, 4) is 11.6 Å². The number of rotatable bonds is 5. The van der Waals surface area contributed by atoms with E-state index in [9.17, 15) is 8.42 Å². The van der Waals surface area contributed by atoms with Crippen LogP contribution in [0.25, 0.3) is 0 Å². The molecule has 0 amide bonds. The van der Waals surface area contributed by atoms with Crippen molar-refractivity contribution in [3.63, 3.8) is 0 Å². The van der Waals surface area contributed by atoms with Gasteiger partial charge >= 0.3 is 0 Å². The van der Waals surface area contributed by atoms with E-state index in [1.807, 2.05) is 20.8 Å². The molecule has 0 spiro atoms. The molecule has 0 unspecified atom stereocenters. The van der Waals surface area contributed by atoms with Crippen molar-refractivity contribution < 1.29 is 17.9 Å². The Kier molecular flexibility index (Phi) is 5.76. The zero-order chi connectivity index (χ0) is 20.5. The Hall–Kier alpha value is -2.39. The number of anilines is 1. The highest BCUT2D eigenvalue weighted by atomic mass is 32.2. The van der Waals surface area contributed by atoms with Crippen molar-refractivity contribution in [1.82, 2.24) is 14.3 Å². The third kappa shape index (κ3) is 3.77. The van der Waals surface area contributed by atoms with E-state index in [0.717, 1.165) is 16.9 Å². The van der Waals surface area contributed by atoms with E-state index in [-0.39, 0.29) is 0 Å². The van der Waals surface area contributed by atoms with Crippen molar-refractivity contribution in [2.24, 2.45) is 0 Å². The van der Waals surface area contributed by atoms with Crippen LogP contribution in [0.5, 0.6) is 11.6 Å². The lowest BCUT2D eigenvalue weighted by Gasteiger charge is -2.35. The molecular weight excluding hydrogens is 380 g/mol. The first kappa shape index (κ1) is 20.3. The van der Waals surface area contributed by atoms with Crippen LogP contribution in [-0.2, 0) is 10.0 Å². The Bertz CT molecular complexity index is 970. The Morgan fingerprint density at radius 2 is 1.61 bits per heavy atom. The van der Waals surface area contributed by atoms with E-state index >= 15 is 0 Å². The van der Waals surface area contributed by atoms with Crippen LogP contribution < -0.4 is 14.4 Å². The number of hydrogen-bond donors (Lipinski definition) is 0. The summed E-state index contributed by atoms with van der Waals surface area (Å²) in [5, 5.41) is 0. The summed E-state index contributed by atoms with van der Waals surface area (Å²) in [6.45, 7) is 7.37. The molecule has 2 heterocycles. The van der Waals surface area contributed by atoms with Gasteiger partial charge in [0.2, 0.25) is 15.9 Å². The fourth-order valence-electron chi connectivity index (χ4n) is 3.36. The van der Waals surface area contributed by atoms with E-state index in [1.165, 1.54) is 4.31 Å². The Labute approximate surface area is 166 Å². The number of aromatic nitrogens is 2. The number of hydrogen-bond acceptors (Lipinski definition) is 7. The molecule has 1 aromatic heterocycles. The van der Waals surface area contributed by atoms with Crippen molar-refractivity contribution in [1.29, 1.82) is 0 Å². The van der Waals surface area contributed by atoms with Gasteiger partial charge in [0.15, 0.2) is 0 Å². The van der Waals surface area contributed by atoms with Crippen LogP contribution in [0.3, 0.4) is 0 Å². The molecule has 28 heavy (non-hydrogen) atoms. The van der Waals surface area contributed by atoms with Crippen LogP contribution in [0.1, 0.15) is 17.0 Å². The normalized spacial score (nSPS) is 15.5. The van der Waals surface area contributed by atoms with Gasteiger partial charge in [-0.1, -0.05) is 0 Å². The minimum absolute atomic E-state index is 0.332. The standard InChI is InChI=1S/C19H26N4O4S/c1-13-14(2)17(7-6-16(13)26-4)28(24,25)23-10-8-22(9-11-23)18-12-19(27-5)21-15(3)20-18/h6-7,12H,8-11H2,1-5H3. The van der Waals surface area contributed by atoms with Crippen molar-refractivity contribution >= 4 is 15.8 Å². The van der Waals surface area contributed by atoms with Gasteiger partial charge in [-0.05, 0) is 44.0 Å². The minimum atomic E-state index is -3.57. The minimum Gasteiger partial charge on any atom is -0.496 e. The maximum Gasteiger partial charge on any atom is 0.243 e. The monoisotopic (exact) mass is 406 g/mol. The van der Waals surface area contributed by atoms with Crippen LogP contribution in [0.4, 0.5) is 5.82 Å². The lowest BCUT2D eigenvalue weighted by Crippen LogP contribution is -2.49. The van der Waals surface area contributed by atoms with Crippen LogP contribution in [0.2, 0.25) is 0 Å². The second-order valence-corrected chi connectivity index (χ2v) is 8.63. The Morgan fingerprint density at radius 3 is 2.21 bits per heavy atom. The molecular formula is C19H26N4O4S. The molecule has 1 fully saturated rings. The number of benzene rings is 1. The lowest BCUT2D eigenvalue weighted by atomic mass is 10.1. The molecule has 2 aromatic rings. The number of methoxy groups -OCH3 is 2. The van der Waals surface area contributed by atoms with Crippen LogP contribution in [0, 0.1) is 20.8 Å². The lowest BCUT2D eigenvalue weighted by molar-refractivity contribution is 0.379. The SMILES string of the molecule is COc1cc(N2CCN(S(=O)(=O)c3ccc(OC)c(C)c3C)CC2)nc(C)n1. The van der Waals surface area contributed by atoms with Crippen LogP contribution in [-0.4, -0.2) is 63.1 Å². The summed E-state index contributed by atoms with van der Waals surface area (Å²) in [7, 11) is -0.426. The summed E-state index contributed by atoms with van der Waals surface area (Å²) in [6, 6.07) is 5.11. The third-order valence-electron chi connectivity index (χ3n) is 5.10. The highest BCUT2D eigenvalue weighted by Crippen LogP contribution is 2.29. The topological polar surface area (TPSA) is 84.9 Å². The van der Waals surface area contributed by atoms with Gasteiger partial charge in [-0.15, -0.1) is 0 Å². The first-order valence-corrected chi connectivity index (χ1v) is 10.5. The fourth-order valence-corrected chi connectivity index (χ4v) is 5.06. The van der Waals surface area contributed by atoms with Gasteiger partial charge in [0.25, 0.3) is 0 Å².